The molecule has 8 heteroatoms. The second-order valence-electron chi connectivity index (χ2n) is 8.61. The molecule has 1 fully saturated rings. The van der Waals surface area contributed by atoms with Gasteiger partial charge >= 0.3 is 0 Å². The van der Waals surface area contributed by atoms with Crippen molar-refractivity contribution in [3.05, 3.63) is 47.5 Å². The molecule has 1 atom stereocenters. The highest BCUT2D eigenvalue weighted by atomic mass is 32.2. The van der Waals surface area contributed by atoms with Crippen molar-refractivity contribution in [2.45, 2.75) is 56.3 Å². The lowest BCUT2D eigenvalue weighted by molar-refractivity contribution is -0.116. The van der Waals surface area contributed by atoms with Gasteiger partial charge in [-0.15, -0.1) is 0 Å². The molecule has 1 amide bonds. The number of carbonyl (C=O) groups excluding carboxylic acids is 1. The summed E-state index contributed by atoms with van der Waals surface area (Å²) in [7, 11) is -2.02. The Morgan fingerprint density at radius 2 is 1.91 bits per heavy atom. The molecular weight excluding hydrogens is 440 g/mol. The van der Waals surface area contributed by atoms with Crippen LogP contribution in [0.2, 0.25) is 0 Å². The third kappa shape index (κ3) is 5.17. The number of benzene rings is 2. The van der Waals surface area contributed by atoms with Gasteiger partial charge in [0.05, 0.1) is 13.7 Å². The van der Waals surface area contributed by atoms with Crippen LogP contribution in [0.25, 0.3) is 0 Å². The highest BCUT2D eigenvalue weighted by Gasteiger charge is 2.30. The van der Waals surface area contributed by atoms with Crippen LogP contribution in [0.5, 0.6) is 11.5 Å². The summed E-state index contributed by atoms with van der Waals surface area (Å²) < 4.78 is 38.8. The minimum Gasteiger partial charge on any atom is -0.497 e. The normalized spacial score (nSPS) is 18.5. The zero-order valence-corrected chi connectivity index (χ0v) is 20.1. The summed E-state index contributed by atoms with van der Waals surface area (Å²) in [4.78, 5) is 13.0. The maximum Gasteiger partial charge on any atom is 0.246 e. The maximum absolute atomic E-state index is 13.2. The van der Waals surface area contributed by atoms with Gasteiger partial charge in [-0.2, -0.15) is 4.31 Å². The lowest BCUT2D eigenvalue weighted by Gasteiger charge is -2.25. The summed E-state index contributed by atoms with van der Waals surface area (Å²) >= 11 is 0. The molecule has 1 heterocycles. The molecule has 0 radical (unpaired) electrons. The molecule has 0 aromatic heterocycles. The molecule has 1 aliphatic carbocycles. The van der Waals surface area contributed by atoms with Crippen molar-refractivity contribution in [2.24, 2.45) is 0 Å². The van der Waals surface area contributed by atoms with Crippen molar-refractivity contribution in [3.8, 4) is 11.5 Å². The molecule has 0 saturated carbocycles. The summed E-state index contributed by atoms with van der Waals surface area (Å²) in [6, 6.07) is 10.9. The predicted molar refractivity (Wildman–Crippen MR) is 128 cm³/mol. The third-order valence-corrected chi connectivity index (χ3v) is 8.35. The maximum atomic E-state index is 13.2. The van der Waals surface area contributed by atoms with E-state index in [4.69, 9.17) is 9.47 Å². The van der Waals surface area contributed by atoms with Crippen LogP contribution >= 0.6 is 0 Å². The van der Waals surface area contributed by atoms with Crippen molar-refractivity contribution in [3.63, 3.8) is 0 Å². The molecule has 1 N–H and O–H groups in total. The van der Waals surface area contributed by atoms with Gasteiger partial charge in [-0.25, -0.2) is 8.42 Å². The van der Waals surface area contributed by atoms with Gasteiger partial charge in [0.2, 0.25) is 15.9 Å². The molecule has 0 spiro atoms. The Morgan fingerprint density at radius 1 is 1.12 bits per heavy atom. The van der Waals surface area contributed by atoms with Crippen LogP contribution in [0.3, 0.4) is 0 Å². The van der Waals surface area contributed by atoms with Crippen molar-refractivity contribution in [1.82, 2.24) is 4.31 Å². The largest absolute Gasteiger partial charge is 0.497 e. The lowest BCUT2D eigenvalue weighted by atomic mass is 9.81. The second-order valence-corrected chi connectivity index (χ2v) is 10.5. The Balaban J connectivity index is 1.52. The number of sulfonamides is 1. The molecule has 2 aromatic rings. The van der Waals surface area contributed by atoms with E-state index in [9.17, 15) is 13.2 Å². The summed E-state index contributed by atoms with van der Waals surface area (Å²) in [6.07, 6.45) is 5.02. The fourth-order valence-electron chi connectivity index (χ4n) is 4.80. The fraction of sp³-hybridized carbons (Fsp3) is 0.480. The summed E-state index contributed by atoms with van der Waals surface area (Å²) in [5.74, 6) is 1.16. The highest BCUT2D eigenvalue weighted by Crippen LogP contribution is 2.36. The number of fused-ring (bicyclic) bond motifs is 1. The predicted octanol–water partition coefficient (Wildman–Crippen LogP) is 4.33. The average Bonchev–Trinajstić information content (AvgIpc) is 3.36. The lowest BCUT2D eigenvalue weighted by Crippen LogP contribution is -2.28. The van der Waals surface area contributed by atoms with Crippen LogP contribution < -0.4 is 14.8 Å². The number of nitrogens with zero attached hydrogens (tertiary/aromatic N) is 1. The van der Waals surface area contributed by atoms with Crippen molar-refractivity contribution < 1.29 is 22.7 Å². The van der Waals surface area contributed by atoms with E-state index in [0.717, 1.165) is 37.9 Å². The Bertz CT molecular complexity index is 1110. The van der Waals surface area contributed by atoms with Crippen LogP contribution in [0.15, 0.2) is 41.3 Å². The number of nitrogens with one attached hydrogen (secondary N) is 1. The smallest absolute Gasteiger partial charge is 0.246 e. The summed E-state index contributed by atoms with van der Waals surface area (Å²) in [6.45, 7) is 3.20. The van der Waals surface area contributed by atoms with Crippen molar-refractivity contribution in [2.75, 3.05) is 32.1 Å². The average molecular weight is 473 g/mol. The van der Waals surface area contributed by atoms with E-state index in [1.165, 1.54) is 21.5 Å². The topological polar surface area (TPSA) is 84.9 Å². The van der Waals surface area contributed by atoms with E-state index in [1.807, 2.05) is 13.0 Å². The first-order valence-corrected chi connectivity index (χ1v) is 13.1. The Hall–Kier alpha value is -2.58. The Kier molecular flexibility index (Phi) is 7.24. The zero-order valence-electron chi connectivity index (χ0n) is 19.3. The minimum atomic E-state index is -3.68. The molecule has 4 rings (SSSR count). The summed E-state index contributed by atoms with van der Waals surface area (Å²) in [5, 5.41) is 2.91. The van der Waals surface area contributed by atoms with E-state index in [-0.39, 0.29) is 16.7 Å². The molecule has 178 valence electrons. The standard InChI is InChI=1S/C25H32N2O5S/c1-3-32-23-12-9-20(17-24(23)33(29,30)27-13-4-5-14-27)26-25(28)16-19-8-6-7-18-15-21(31-2)10-11-22(18)19/h9-12,15,17,19H,3-8,13-14,16H2,1-2H3,(H,26,28). The second kappa shape index (κ2) is 10.1. The molecule has 2 aliphatic rings. The number of hydrogen-bond donors (Lipinski definition) is 1. The third-order valence-electron chi connectivity index (χ3n) is 6.43. The number of aryl methyl sites for hydroxylation is 1. The number of hydrogen-bond acceptors (Lipinski definition) is 5. The van der Waals surface area contributed by atoms with E-state index >= 15 is 0 Å². The number of anilines is 1. The van der Waals surface area contributed by atoms with Gasteiger partial charge in [0.15, 0.2) is 0 Å². The SMILES string of the molecule is CCOc1ccc(NC(=O)CC2CCCc3cc(OC)ccc32)cc1S(=O)(=O)N1CCCC1. The van der Waals surface area contributed by atoms with Gasteiger partial charge in [-0.1, -0.05) is 6.07 Å². The molecule has 0 bridgehead atoms. The minimum absolute atomic E-state index is 0.110. The molecule has 33 heavy (non-hydrogen) atoms. The first kappa shape index (κ1) is 23.6. The van der Waals surface area contributed by atoms with Gasteiger partial charge in [-0.3, -0.25) is 4.79 Å². The van der Waals surface area contributed by atoms with Crippen LogP contribution in [0, 0.1) is 0 Å². The van der Waals surface area contributed by atoms with Gasteiger partial charge in [-0.05, 0) is 86.4 Å². The molecule has 7 nitrogen and oxygen atoms in total. The molecular formula is C25H32N2O5S. The molecule has 1 unspecified atom stereocenters. The van der Waals surface area contributed by atoms with Crippen molar-refractivity contribution in [1.29, 1.82) is 0 Å². The Morgan fingerprint density at radius 3 is 2.64 bits per heavy atom. The molecule has 2 aromatic carbocycles. The van der Waals surface area contributed by atoms with Crippen LogP contribution in [-0.2, 0) is 21.2 Å². The number of methoxy groups -OCH3 is 1. The first-order valence-electron chi connectivity index (χ1n) is 11.7. The Labute approximate surface area is 196 Å². The monoisotopic (exact) mass is 472 g/mol. The first-order chi connectivity index (χ1) is 15.9. The van der Waals surface area contributed by atoms with E-state index in [0.29, 0.717) is 37.6 Å². The number of amides is 1. The van der Waals surface area contributed by atoms with E-state index in [2.05, 4.69) is 17.4 Å². The molecule has 1 aliphatic heterocycles. The van der Waals surface area contributed by atoms with Gasteiger partial charge in [0.1, 0.15) is 16.4 Å². The van der Waals surface area contributed by atoms with Gasteiger partial charge in [0, 0.05) is 25.2 Å². The number of ether oxygens (including phenoxy) is 2. The van der Waals surface area contributed by atoms with E-state index in [1.54, 1.807) is 19.2 Å². The van der Waals surface area contributed by atoms with Crippen LogP contribution in [0.4, 0.5) is 5.69 Å². The van der Waals surface area contributed by atoms with Gasteiger partial charge in [0.25, 0.3) is 0 Å². The zero-order chi connectivity index (χ0) is 23.4. The van der Waals surface area contributed by atoms with E-state index < -0.39 is 10.0 Å². The van der Waals surface area contributed by atoms with Crippen LogP contribution in [0.1, 0.15) is 56.1 Å². The molecule has 1 saturated heterocycles. The van der Waals surface area contributed by atoms with Crippen molar-refractivity contribution >= 4 is 21.6 Å². The highest BCUT2D eigenvalue weighted by molar-refractivity contribution is 7.89. The van der Waals surface area contributed by atoms with Gasteiger partial charge < -0.3 is 14.8 Å². The number of rotatable bonds is 8. The number of carbonyl (C=O) groups is 1. The summed E-state index contributed by atoms with van der Waals surface area (Å²) in [5.41, 5.74) is 2.90. The van der Waals surface area contributed by atoms with Crippen LogP contribution in [-0.4, -0.2) is 45.4 Å². The quantitative estimate of drug-likeness (QED) is 0.618. The fourth-order valence-corrected chi connectivity index (χ4v) is 6.47.